The summed E-state index contributed by atoms with van der Waals surface area (Å²) in [5.74, 6) is 1.29. The molecule has 2 heterocycles. The lowest BCUT2D eigenvalue weighted by Crippen LogP contribution is -2.12. The second-order valence-corrected chi connectivity index (χ2v) is 6.31. The summed E-state index contributed by atoms with van der Waals surface area (Å²) in [7, 11) is 1.76. The number of ether oxygens (including phenoxy) is 1. The molecule has 0 spiro atoms. The second kappa shape index (κ2) is 7.87. The number of primary amides is 1. The third-order valence-electron chi connectivity index (χ3n) is 4.26. The van der Waals surface area contributed by atoms with Crippen molar-refractivity contribution < 1.29 is 9.53 Å². The molecular formula is C21H21N5O2. The van der Waals surface area contributed by atoms with Crippen molar-refractivity contribution in [2.75, 3.05) is 12.4 Å². The monoisotopic (exact) mass is 375 g/mol. The van der Waals surface area contributed by atoms with Gasteiger partial charge in [0.15, 0.2) is 0 Å². The summed E-state index contributed by atoms with van der Waals surface area (Å²) < 4.78 is 5.92. The first-order valence-corrected chi connectivity index (χ1v) is 8.67. The van der Waals surface area contributed by atoms with Gasteiger partial charge in [0.1, 0.15) is 17.3 Å². The lowest BCUT2D eigenvalue weighted by molar-refractivity contribution is 0.0999. The number of rotatable bonds is 6. The zero-order chi connectivity index (χ0) is 20.3. The number of nitrogens with two attached hydrogens (primary N) is 1. The summed E-state index contributed by atoms with van der Waals surface area (Å²) in [6, 6.07) is 10.7. The van der Waals surface area contributed by atoms with Crippen LogP contribution in [0.3, 0.4) is 0 Å². The molecule has 0 aliphatic carbocycles. The number of benzene rings is 1. The molecule has 0 atom stereocenters. The Labute approximate surface area is 163 Å². The molecule has 1 aromatic carbocycles. The number of hydrogen-bond donors (Lipinski definition) is 3. The van der Waals surface area contributed by atoms with Gasteiger partial charge in [-0.1, -0.05) is 6.07 Å². The van der Waals surface area contributed by atoms with Gasteiger partial charge in [0.2, 0.25) is 5.91 Å². The molecule has 2 aromatic heterocycles. The van der Waals surface area contributed by atoms with Gasteiger partial charge in [0.25, 0.3) is 0 Å². The van der Waals surface area contributed by atoms with Gasteiger partial charge in [-0.05, 0) is 43.7 Å². The largest absolute Gasteiger partial charge is 0.456 e. The van der Waals surface area contributed by atoms with E-state index < -0.39 is 5.91 Å². The Kier molecular flexibility index (Phi) is 5.35. The predicted octanol–water partition coefficient (Wildman–Crippen LogP) is 3.77. The van der Waals surface area contributed by atoms with E-state index in [9.17, 15) is 4.79 Å². The van der Waals surface area contributed by atoms with Gasteiger partial charge < -0.3 is 21.2 Å². The highest BCUT2D eigenvalue weighted by Gasteiger charge is 2.10. The number of anilines is 1. The Morgan fingerprint density at radius 1 is 1.11 bits per heavy atom. The lowest BCUT2D eigenvalue weighted by atomic mass is 10.0. The van der Waals surface area contributed by atoms with E-state index in [1.165, 1.54) is 0 Å². The van der Waals surface area contributed by atoms with Gasteiger partial charge in [-0.3, -0.25) is 9.78 Å². The number of nitrogens with one attached hydrogen (secondary N) is 2. The molecule has 0 saturated carbocycles. The van der Waals surface area contributed by atoms with Crippen molar-refractivity contribution in [3.8, 4) is 22.8 Å². The summed E-state index contributed by atoms with van der Waals surface area (Å²) >= 11 is 0. The van der Waals surface area contributed by atoms with Crippen LogP contribution in [-0.4, -0.2) is 28.6 Å². The third-order valence-corrected chi connectivity index (χ3v) is 4.26. The smallest absolute Gasteiger partial charge is 0.248 e. The Balaban J connectivity index is 1.90. The van der Waals surface area contributed by atoms with Crippen LogP contribution in [0.4, 0.5) is 5.82 Å². The van der Waals surface area contributed by atoms with Crippen LogP contribution in [0.2, 0.25) is 0 Å². The fraction of sp³-hybridized carbons (Fsp3) is 0.143. The molecule has 0 fully saturated rings. The molecule has 1 amide bonds. The molecule has 0 aliphatic rings. The summed E-state index contributed by atoms with van der Waals surface area (Å²) in [4.78, 5) is 20.1. The molecule has 7 nitrogen and oxygen atoms in total. The van der Waals surface area contributed by atoms with Gasteiger partial charge in [-0.15, -0.1) is 0 Å². The molecule has 3 aromatic rings. The number of hydrogen-bond acceptors (Lipinski definition) is 6. The number of pyridine rings is 2. The van der Waals surface area contributed by atoms with Crippen molar-refractivity contribution in [3.05, 3.63) is 65.5 Å². The highest BCUT2D eigenvalue weighted by atomic mass is 16.5. The SMILES string of the molecule is CNc1ncc(Oc2ccnc(-c3ccc(C(N)=O)c(C)c3)c2)cc1C(C)=N. The normalized spacial score (nSPS) is 10.4. The van der Waals surface area contributed by atoms with E-state index in [0.717, 1.165) is 11.1 Å². The van der Waals surface area contributed by atoms with E-state index in [4.69, 9.17) is 15.9 Å². The topological polar surface area (TPSA) is 114 Å². The summed E-state index contributed by atoms with van der Waals surface area (Å²) in [6.45, 7) is 3.53. The highest BCUT2D eigenvalue weighted by molar-refractivity contribution is 6.00. The minimum atomic E-state index is -0.455. The fourth-order valence-corrected chi connectivity index (χ4v) is 2.85. The third kappa shape index (κ3) is 3.98. The molecule has 7 heteroatoms. The first kappa shape index (κ1) is 19.0. The standard InChI is InChI=1S/C21H21N5O2/c1-12-8-14(4-5-17(12)20(23)27)19-10-15(6-7-25-19)28-16-9-18(13(2)22)21(24-3)26-11-16/h4-11,22H,1-3H3,(H2,23,27)(H,24,26). The summed E-state index contributed by atoms with van der Waals surface area (Å²) in [6.07, 6.45) is 3.25. The fourth-order valence-electron chi connectivity index (χ4n) is 2.85. The van der Waals surface area contributed by atoms with E-state index in [-0.39, 0.29) is 0 Å². The van der Waals surface area contributed by atoms with Crippen LogP contribution in [-0.2, 0) is 0 Å². The van der Waals surface area contributed by atoms with Crippen LogP contribution in [0.15, 0.2) is 48.8 Å². The molecule has 0 saturated heterocycles. The van der Waals surface area contributed by atoms with Crippen LogP contribution >= 0.6 is 0 Å². The molecule has 0 radical (unpaired) electrons. The highest BCUT2D eigenvalue weighted by Crippen LogP contribution is 2.28. The van der Waals surface area contributed by atoms with Gasteiger partial charge in [0, 0.05) is 41.7 Å². The second-order valence-electron chi connectivity index (χ2n) is 6.31. The zero-order valence-corrected chi connectivity index (χ0v) is 15.9. The maximum Gasteiger partial charge on any atom is 0.248 e. The number of aryl methyl sites for hydroxylation is 1. The number of carbonyl (C=O) groups is 1. The molecule has 3 rings (SSSR count). The number of amides is 1. The zero-order valence-electron chi connectivity index (χ0n) is 15.9. The van der Waals surface area contributed by atoms with Gasteiger partial charge in [-0.2, -0.15) is 0 Å². The van der Waals surface area contributed by atoms with Crippen molar-refractivity contribution in [1.82, 2.24) is 9.97 Å². The van der Waals surface area contributed by atoms with Gasteiger partial charge in [-0.25, -0.2) is 4.98 Å². The Bertz CT molecular complexity index is 1060. The molecule has 4 N–H and O–H groups in total. The number of nitrogens with zero attached hydrogens (tertiary/aromatic N) is 2. The van der Waals surface area contributed by atoms with E-state index >= 15 is 0 Å². The maximum atomic E-state index is 11.4. The van der Waals surface area contributed by atoms with Crippen molar-refractivity contribution in [3.63, 3.8) is 0 Å². The summed E-state index contributed by atoms with van der Waals surface area (Å²) in [5.41, 5.74) is 9.27. The first-order chi connectivity index (χ1) is 13.4. The van der Waals surface area contributed by atoms with Gasteiger partial charge in [0.05, 0.1) is 11.9 Å². The summed E-state index contributed by atoms with van der Waals surface area (Å²) in [5, 5.41) is 10.9. The van der Waals surface area contributed by atoms with Crippen LogP contribution < -0.4 is 15.8 Å². The van der Waals surface area contributed by atoms with Gasteiger partial charge >= 0.3 is 0 Å². The molecule has 0 bridgehead atoms. The number of carbonyl (C=O) groups excluding carboxylic acids is 1. The molecule has 28 heavy (non-hydrogen) atoms. The van der Waals surface area contributed by atoms with E-state index in [0.29, 0.717) is 39.8 Å². The quantitative estimate of drug-likeness (QED) is 0.567. The van der Waals surface area contributed by atoms with E-state index in [1.54, 1.807) is 50.6 Å². The van der Waals surface area contributed by atoms with Crippen LogP contribution in [0, 0.1) is 12.3 Å². The molecule has 0 unspecified atom stereocenters. The van der Waals surface area contributed by atoms with Crippen LogP contribution in [0.5, 0.6) is 11.5 Å². The minimum Gasteiger partial charge on any atom is -0.456 e. The van der Waals surface area contributed by atoms with Crippen molar-refractivity contribution in [1.29, 1.82) is 5.41 Å². The van der Waals surface area contributed by atoms with E-state index in [2.05, 4.69) is 15.3 Å². The predicted molar refractivity (Wildman–Crippen MR) is 109 cm³/mol. The Morgan fingerprint density at radius 2 is 1.89 bits per heavy atom. The maximum absolute atomic E-state index is 11.4. The molecular weight excluding hydrogens is 354 g/mol. The van der Waals surface area contributed by atoms with Crippen LogP contribution in [0.1, 0.15) is 28.4 Å². The van der Waals surface area contributed by atoms with Crippen molar-refractivity contribution >= 4 is 17.4 Å². The van der Waals surface area contributed by atoms with Crippen LogP contribution in [0.25, 0.3) is 11.3 Å². The van der Waals surface area contributed by atoms with Crippen molar-refractivity contribution in [2.24, 2.45) is 5.73 Å². The average Bonchev–Trinajstić information content (AvgIpc) is 2.67. The first-order valence-electron chi connectivity index (χ1n) is 8.67. The minimum absolute atomic E-state index is 0.391. The Hall–Kier alpha value is -3.74. The Morgan fingerprint density at radius 3 is 2.54 bits per heavy atom. The molecule has 142 valence electrons. The number of aromatic nitrogens is 2. The average molecular weight is 375 g/mol. The molecule has 0 aliphatic heterocycles. The van der Waals surface area contributed by atoms with Crippen molar-refractivity contribution in [2.45, 2.75) is 13.8 Å². The van der Waals surface area contributed by atoms with E-state index in [1.807, 2.05) is 19.1 Å². The lowest BCUT2D eigenvalue weighted by Gasteiger charge is -2.11.